The average molecular weight is 306 g/mol. The van der Waals surface area contributed by atoms with E-state index in [0.717, 1.165) is 31.6 Å². The van der Waals surface area contributed by atoms with Gasteiger partial charge in [-0.25, -0.2) is 4.39 Å². The Hall–Kier alpha value is -1.11. The third-order valence-corrected chi connectivity index (χ3v) is 4.95. The summed E-state index contributed by atoms with van der Waals surface area (Å²) in [5.74, 6) is -0.214. The van der Waals surface area contributed by atoms with E-state index in [-0.39, 0.29) is 5.82 Å². The second-order valence-corrected chi connectivity index (χ2v) is 7.04. The van der Waals surface area contributed by atoms with Crippen molar-refractivity contribution in [2.24, 2.45) is 0 Å². The summed E-state index contributed by atoms with van der Waals surface area (Å²) in [6, 6.07) is 5.28. The number of rotatable bonds is 2. The number of hydrogen-bond acceptors (Lipinski definition) is 4. The predicted molar refractivity (Wildman–Crippen MR) is 87.2 cm³/mol. The summed E-state index contributed by atoms with van der Waals surface area (Å²) >= 11 is 0. The second-order valence-electron chi connectivity index (χ2n) is 7.04. The molecule has 1 aromatic carbocycles. The molecule has 0 bridgehead atoms. The first kappa shape index (κ1) is 15.8. The summed E-state index contributed by atoms with van der Waals surface area (Å²) in [5, 5.41) is 3.27. The number of anilines is 1. The highest BCUT2D eigenvalue weighted by Crippen LogP contribution is 2.36. The fourth-order valence-electron chi connectivity index (χ4n) is 2.81. The Morgan fingerprint density at radius 1 is 1.09 bits per heavy atom. The molecule has 1 aromatic rings. The molecule has 0 radical (unpaired) electrons. The van der Waals surface area contributed by atoms with E-state index >= 15 is 0 Å². The first-order chi connectivity index (χ1) is 10.3. The second kappa shape index (κ2) is 5.51. The minimum atomic E-state index is -0.517. The lowest BCUT2D eigenvalue weighted by Crippen LogP contribution is -2.44. The summed E-state index contributed by atoms with van der Waals surface area (Å²) in [7, 11) is -0.517. The number of hydrogen-bond donors (Lipinski definition) is 1. The molecular weight excluding hydrogens is 282 g/mol. The van der Waals surface area contributed by atoms with Crippen molar-refractivity contribution in [3.63, 3.8) is 0 Å². The van der Waals surface area contributed by atoms with Gasteiger partial charge < -0.3 is 19.5 Å². The van der Waals surface area contributed by atoms with Crippen LogP contribution in [0.3, 0.4) is 0 Å². The van der Waals surface area contributed by atoms with Gasteiger partial charge in [0.25, 0.3) is 0 Å². The Labute approximate surface area is 132 Å². The molecule has 2 aliphatic heterocycles. The van der Waals surface area contributed by atoms with Crippen LogP contribution in [0.5, 0.6) is 0 Å². The van der Waals surface area contributed by atoms with Crippen LogP contribution in [0.4, 0.5) is 10.1 Å². The molecule has 2 saturated heterocycles. The molecule has 2 aliphatic rings. The summed E-state index contributed by atoms with van der Waals surface area (Å²) in [6.07, 6.45) is 0. The van der Waals surface area contributed by atoms with Crippen LogP contribution in [0.2, 0.25) is 0 Å². The van der Waals surface area contributed by atoms with Crippen LogP contribution in [0.1, 0.15) is 27.7 Å². The molecule has 0 aliphatic carbocycles. The predicted octanol–water partition coefficient (Wildman–Crippen LogP) is 1.53. The Balaban J connectivity index is 1.81. The van der Waals surface area contributed by atoms with Gasteiger partial charge in [0.05, 0.1) is 16.9 Å². The van der Waals surface area contributed by atoms with Gasteiger partial charge in [-0.2, -0.15) is 0 Å². The van der Waals surface area contributed by atoms with Gasteiger partial charge in [-0.3, -0.25) is 0 Å². The summed E-state index contributed by atoms with van der Waals surface area (Å²) in [6.45, 7) is 11.4. The topological polar surface area (TPSA) is 33.7 Å². The molecule has 2 heterocycles. The van der Waals surface area contributed by atoms with Crippen LogP contribution in [-0.2, 0) is 9.31 Å². The van der Waals surface area contributed by atoms with E-state index in [2.05, 4.69) is 10.2 Å². The van der Waals surface area contributed by atoms with Crippen LogP contribution >= 0.6 is 0 Å². The molecule has 0 spiro atoms. The van der Waals surface area contributed by atoms with Crippen molar-refractivity contribution in [3.8, 4) is 0 Å². The highest BCUT2D eigenvalue weighted by atomic mass is 19.1. The van der Waals surface area contributed by atoms with Gasteiger partial charge in [-0.15, -0.1) is 0 Å². The van der Waals surface area contributed by atoms with Crippen molar-refractivity contribution in [2.45, 2.75) is 38.9 Å². The zero-order chi connectivity index (χ0) is 16.0. The molecule has 6 heteroatoms. The van der Waals surface area contributed by atoms with Crippen molar-refractivity contribution >= 4 is 18.3 Å². The van der Waals surface area contributed by atoms with Crippen LogP contribution in [-0.4, -0.2) is 44.5 Å². The molecule has 120 valence electrons. The smallest absolute Gasteiger partial charge is 0.399 e. The molecule has 22 heavy (non-hydrogen) atoms. The van der Waals surface area contributed by atoms with Crippen molar-refractivity contribution in [2.75, 3.05) is 31.1 Å². The first-order valence-corrected chi connectivity index (χ1v) is 7.91. The van der Waals surface area contributed by atoms with Gasteiger partial charge in [0.1, 0.15) is 5.82 Å². The Morgan fingerprint density at radius 3 is 2.23 bits per heavy atom. The largest absolute Gasteiger partial charge is 0.494 e. The van der Waals surface area contributed by atoms with E-state index < -0.39 is 18.3 Å². The Bertz CT molecular complexity index is 543. The minimum Gasteiger partial charge on any atom is -0.399 e. The molecule has 0 unspecified atom stereocenters. The van der Waals surface area contributed by atoms with Crippen LogP contribution in [0.15, 0.2) is 18.2 Å². The van der Waals surface area contributed by atoms with E-state index in [4.69, 9.17) is 9.31 Å². The normalized spacial score (nSPS) is 23.9. The van der Waals surface area contributed by atoms with Crippen LogP contribution < -0.4 is 15.7 Å². The molecule has 1 N–H and O–H groups in total. The van der Waals surface area contributed by atoms with Crippen molar-refractivity contribution in [1.29, 1.82) is 0 Å². The fraction of sp³-hybridized carbons (Fsp3) is 0.625. The summed E-state index contributed by atoms with van der Waals surface area (Å²) < 4.78 is 26.5. The first-order valence-electron chi connectivity index (χ1n) is 7.91. The van der Waals surface area contributed by atoms with E-state index in [1.54, 1.807) is 6.07 Å². The van der Waals surface area contributed by atoms with Crippen molar-refractivity contribution in [3.05, 3.63) is 24.0 Å². The zero-order valence-electron chi connectivity index (χ0n) is 13.8. The van der Waals surface area contributed by atoms with Crippen molar-refractivity contribution < 1.29 is 13.7 Å². The lowest BCUT2D eigenvalue weighted by molar-refractivity contribution is 0.00578. The van der Waals surface area contributed by atoms with Gasteiger partial charge in [0.15, 0.2) is 0 Å². The third kappa shape index (κ3) is 2.75. The Kier molecular flexibility index (Phi) is 3.95. The van der Waals surface area contributed by atoms with E-state index in [1.807, 2.05) is 39.8 Å². The molecule has 3 rings (SSSR count). The van der Waals surface area contributed by atoms with E-state index in [0.29, 0.717) is 5.69 Å². The summed E-state index contributed by atoms with van der Waals surface area (Å²) in [4.78, 5) is 2.07. The standard InChI is InChI=1S/C16H24BFN2O2/c1-15(2)16(3,4)22-17(21-15)12-5-6-14(13(18)11-12)20-9-7-19-8-10-20/h5-6,11,19H,7-10H2,1-4H3. The van der Waals surface area contributed by atoms with Gasteiger partial charge in [0, 0.05) is 26.2 Å². The number of benzene rings is 1. The third-order valence-electron chi connectivity index (χ3n) is 4.95. The highest BCUT2D eigenvalue weighted by Gasteiger charge is 2.51. The lowest BCUT2D eigenvalue weighted by atomic mass is 9.79. The quantitative estimate of drug-likeness (QED) is 0.840. The minimum absolute atomic E-state index is 0.214. The van der Waals surface area contributed by atoms with E-state index in [9.17, 15) is 4.39 Å². The number of nitrogens with zero attached hydrogens (tertiary/aromatic N) is 1. The zero-order valence-corrected chi connectivity index (χ0v) is 13.8. The van der Waals surface area contributed by atoms with Gasteiger partial charge in [-0.05, 0) is 45.3 Å². The molecule has 4 nitrogen and oxygen atoms in total. The maximum absolute atomic E-state index is 14.5. The molecule has 0 aromatic heterocycles. The lowest BCUT2D eigenvalue weighted by Gasteiger charge is -2.32. The van der Waals surface area contributed by atoms with Gasteiger partial charge in [-0.1, -0.05) is 6.07 Å². The van der Waals surface area contributed by atoms with Gasteiger partial charge in [0.2, 0.25) is 0 Å². The van der Waals surface area contributed by atoms with Crippen molar-refractivity contribution in [1.82, 2.24) is 5.32 Å². The van der Waals surface area contributed by atoms with E-state index in [1.165, 1.54) is 0 Å². The van der Waals surface area contributed by atoms with Crippen LogP contribution in [0, 0.1) is 5.82 Å². The molecule has 0 amide bonds. The number of halogens is 1. The Morgan fingerprint density at radius 2 is 1.68 bits per heavy atom. The molecular formula is C16H24BFN2O2. The number of piperazine rings is 1. The molecule has 2 fully saturated rings. The monoisotopic (exact) mass is 306 g/mol. The van der Waals surface area contributed by atoms with Crippen LogP contribution in [0.25, 0.3) is 0 Å². The molecule has 0 saturated carbocycles. The molecule has 0 atom stereocenters. The summed E-state index contributed by atoms with van der Waals surface area (Å²) in [5.41, 5.74) is 0.563. The number of nitrogens with one attached hydrogen (secondary N) is 1. The average Bonchev–Trinajstić information content (AvgIpc) is 2.68. The fourth-order valence-corrected chi connectivity index (χ4v) is 2.81. The highest BCUT2D eigenvalue weighted by molar-refractivity contribution is 6.62. The maximum atomic E-state index is 14.5. The SMILES string of the molecule is CC1(C)OB(c2ccc(N3CCNCC3)c(F)c2)OC1(C)C. The maximum Gasteiger partial charge on any atom is 0.494 e. The van der Waals surface area contributed by atoms with Gasteiger partial charge >= 0.3 is 7.12 Å².